The van der Waals surface area contributed by atoms with Gasteiger partial charge in [0.2, 0.25) is 5.89 Å². The van der Waals surface area contributed by atoms with E-state index < -0.39 is 0 Å². The highest BCUT2D eigenvalue weighted by Gasteiger charge is 2.22. The summed E-state index contributed by atoms with van der Waals surface area (Å²) in [6.45, 7) is 0. The van der Waals surface area contributed by atoms with Crippen molar-refractivity contribution in [2.45, 2.75) is 0 Å². The number of benzene rings is 5. The zero-order valence-electron chi connectivity index (χ0n) is 20.5. The molecule has 0 spiro atoms. The molecule has 0 aliphatic carbocycles. The predicted octanol–water partition coefficient (Wildman–Crippen LogP) is 10.2. The minimum Gasteiger partial charge on any atom is -0.435 e. The summed E-state index contributed by atoms with van der Waals surface area (Å²) in [5, 5.41) is 2.35. The Labute approximate surface area is 225 Å². The third-order valence-electron chi connectivity index (χ3n) is 6.84. The van der Waals surface area contributed by atoms with Crippen LogP contribution in [-0.4, -0.2) is 4.98 Å². The minimum absolute atomic E-state index is 0.648. The van der Waals surface area contributed by atoms with Gasteiger partial charge in [-0.3, -0.25) is 0 Å². The van der Waals surface area contributed by atoms with Crippen LogP contribution in [0.2, 0.25) is 0 Å². The Kier molecular flexibility index (Phi) is 5.69. The number of fused-ring (bicyclic) bond motifs is 1. The number of nitrogens with zero attached hydrogens (tertiary/aromatic N) is 1. The molecule has 0 amide bonds. The first-order valence-corrected chi connectivity index (χ1v) is 13.5. The van der Waals surface area contributed by atoms with Crippen molar-refractivity contribution in [2.75, 3.05) is 0 Å². The average molecular weight is 506 g/mol. The van der Waals surface area contributed by atoms with Crippen molar-refractivity contribution < 1.29 is 4.42 Å². The fourth-order valence-electron chi connectivity index (χ4n) is 5.06. The van der Waals surface area contributed by atoms with Crippen molar-refractivity contribution >= 4 is 22.1 Å². The first-order chi connectivity index (χ1) is 18.9. The van der Waals surface area contributed by atoms with Crippen LogP contribution in [0.25, 0.3) is 65.6 Å². The van der Waals surface area contributed by atoms with Gasteiger partial charge in [-0.05, 0) is 22.3 Å². The summed E-state index contributed by atoms with van der Waals surface area (Å²) in [4.78, 5) is 6.98. The number of aromatic nitrogens is 1. The zero-order valence-corrected chi connectivity index (χ0v) is 21.4. The lowest BCUT2D eigenvalue weighted by Gasteiger charge is -2.15. The molecule has 3 heteroatoms. The standard InChI is InChI=1S/C35H23NOS/c1-4-13-24(14-5-1)27-21-12-22-28(25-15-6-2-7-16-25)32(27)33-29-19-10-11-20-30(29)34(38-33)35-36-23-31(37-35)26-17-8-3-9-18-26/h1-23H. The van der Waals surface area contributed by atoms with Gasteiger partial charge in [0.1, 0.15) is 0 Å². The molecule has 0 aliphatic heterocycles. The number of hydrogen-bond donors (Lipinski definition) is 0. The predicted molar refractivity (Wildman–Crippen MR) is 159 cm³/mol. The molecule has 180 valence electrons. The molecule has 0 N–H and O–H groups in total. The van der Waals surface area contributed by atoms with Crippen molar-refractivity contribution in [1.82, 2.24) is 4.98 Å². The molecule has 0 bridgehead atoms. The van der Waals surface area contributed by atoms with E-state index in [1.54, 1.807) is 11.3 Å². The summed E-state index contributed by atoms with van der Waals surface area (Å²) in [6, 6.07) is 46.6. The van der Waals surface area contributed by atoms with Gasteiger partial charge in [-0.25, -0.2) is 4.98 Å². The molecule has 5 aromatic carbocycles. The molecule has 38 heavy (non-hydrogen) atoms. The van der Waals surface area contributed by atoms with Crippen molar-refractivity contribution in [3.63, 3.8) is 0 Å². The lowest BCUT2D eigenvalue weighted by atomic mass is 9.90. The Hall–Kier alpha value is -4.73. The van der Waals surface area contributed by atoms with Crippen molar-refractivity contribution in [1.29, 1.82) is 0 Å². The van der Waals surface area contributed by atoms with Crippen LogP contribution in [0.3, 0.4) is 0 Å². The quantitative estimate of drug-likeness (QED) is 0.233. The maximum atomic E-state index is 6.34. The summed E-state index contributed by atoms with van der Waals surface area (Å²) in [6.07, 6.45) is 1.83. The van der Waals surface area contributed by atoms with E-state index in [1.165, 1.54) is 38.1 Å². The molecule has 0 unspecified atom stereocenters. The normalized spacial score (nSPS) is 11.2. The highest BCUT2D eigenvalue weighted by atomic mass is 32.1. The summed E-state index contributed by atoms with van der Waals surface area (Å²) < 4.78 is 6.34. The smallest absolute Gasteiger partial charge is 0.237 e. The number of hydrogen-bond acceptors (Lipinski definition) is 3. The van der Waals surface area contributed by atoms with E-state index >= 15 is 0 Å². The Morgan fingerprint density at radius 1 is 0.474 bits per heavy atom. The lowest BCUT2D eigenvalue weighted by Crippen LogP contribution is -1.89. The Morgan fingerprint density at radius 3 is 1.55 bits per heavy atom. The van der Waals surface area contributed by atoms with Gasteiger partial charge in [-0.1, -0.05) is 133 Å². The zero-order chi connectivity index (χ0) is 25.3. The third-order valence-corrected chi connectivity index (χ3v) is 8.07. The maximum absolute atomic E-state index is 6.34. The summed E-state index contributed by atoms with van der Waals surface area (Å²) >= 11 is 1.75. The molecular formula is C35H23NOS. The van der Waals surface area contributed by atoms with Crippen LogP contribution in [-0.2, 0) is 0 Å². The molecule has 0 saturated heterocycles. The summed E-state index contributed by atoms with van der Waals surface area (Å²) in [5.74, 6) is 1.42. The van der Waals surface area contributed by atoms with Gasteiger partial charge in [0.05, 0.1) is 11.1 Å². The van der Waals surface area contributed by atoms with Crippen molar-refractivity contribution in [2.24, 2.45) is 0 Å². The number of thiophene rings is 1. The SMILES string of the molecule is c1ccc(-c2cnc(-c3sc(-c4c(-c5ccccc5)cccc4-c4ccccc4)c4ccccc34)o2)cc1. The summed E-state index contributed by atoms with van der Waals surface area (Å²) in [5.41, 5.74) is 7.06. The monoisotopic (exact) mass is 505 g/mol. The molecule has 7 aromatic rings. The average Bonchev–Trinajstić information content (AvgIpc) is 3.64. The van der Waals surface area contributed by atoms with Crippen molar-refractivity contribution in [3.05, 3.63) is 140 Å². The Morgan fingerprint density at radius 2 is 0.974 bits per heavy atom. The molecular weight excluding hydrogens is 482 g/mol. The molecule has 0 atom stereocenters. The molecule has 0 saturated carbocycles. The Balaban J connectivity index is 1.49. The maximum Gasteiger partial charge on any atom is 0.237 e. The largest absolute Gasteiger partial charge is 0.435 e. The molecule has 0 radical (unpaired) electrons. The van der Waals surface area contributed by atoms with Crippen LogP contribution < -0.4 is 0 Å². The van der Waals surface area contributed by atoms with Gasteiger partial charge in [0.25, 0.3) is 0 Å². The van der Waals surface area contributed by atoms with Gasteiger partial charge >= 0.3 is 0 Å². The van der Waals surface area contributed by atoms with Crippen LogP contribution in [0.4, 0.5) is 0 Å². The highest BCUT2D eigenvalue weighted by molar-refractivity contribution is 7.21. The first-order valence-electron chi connectivity index (χ1n) is 12.6. The van der Waals surface area contributed by atoms with Crippen LogP contribution in [0, 0.1) is 0 Å². The van der Waals surface area contributed by atoms with Gasteiger partial charge in [-0.15, -0.1) is 11.3 Å². The molecule has 2 aromatic heterocycles. The topological polar surface area (TPSA) is 26.0 Å². The highest BCUT2D eigenvalue weighted by Crippen LogP contribution is 2.49. The first kappa shape index (κ1) is 22.5. The molecule has 0 aliphatic rings. The van der Waals surface area contributed by atoms with E-state index in [4.69, 9.17) is 9.40 Å². The molecule has 2 heterocycles. The molecule has 0 fully saturated rings. The van der Waals surface area contributed by atoms with Gasteiger partial charge in [0.15, 0.2) is 5.76 Å². The fraction of sp³-hybridized carbons (Fsp3) is 0. The van der Waals surface area contributed by atoms with E-state index in [9.17, 15) is 0 Å². The van der Waals surface area contributed by atoms with E-state index in [0.717, 1.165) is 21.6 Å². The Bertz CT molecular complexity index is 1790. The molecule has 7 rings (SSSR count). The fourth-order valence-corrected chi connectivity index (χ4v) is 6.35. The third kappa shape index (κ3) is 3.94. The summed E-state index contributed by atoms with van der Waals surface area (Å²) in [7, 11) is 0. The van der Waals surface area contributed by atoms with E-state index in [-0.39, 0.29) is 0 Å². The van der Waals surface area contributed by atoms with Gasteiger partial charge < -0.3 is 4.42 Å². The van der Waals surface area contributed by atoms with E-state index in [1.807, 2.05) is 36.5 Å². The second kappa shape index (κ2) is 9.62. The van der Waals surface area contributed by atoms with E-state index in [2.05, 4.69) is 103 Å². The van der Waals surface area contributed by atoms with Gasteiger partial charge in [-0.2, -0.15) is 0 Å². The minimum atomic E-state index is 0.648. The number of rotatable bonds is 5. The second-order valence-electron chi connectivity index (χ2n) is 9.16. The van der Waals surface area contributed by atoms with Gasteiger partial charge in [0, 0.05) is 26.8 Å². The van der Waals surface area contributed by atoms with Crippen molar-refractivity contribution in [3.8, 4) is 54.8 Å². The van der Waals surface area contributed by atoms with Crippen LogP contribution >= 0.6 is 11.3 Å². The van der Waals surface area contributed by atoms with Crippen LogP contribution in [0.1, 0.15) is 0 Å². The lowest BCUT2D eigenvalue weighted by molar-refractivity contribution is 0.591. The molecule has 2 nitrogen and oxygen atoms in total. The van der Waals surface area contributed by atoms with Crippen LogP contribution in [0.5, 0.6) is 0 Å². The van der Waals surface area contributed by atoms with Crippen LogP contribution in [0.15, 0.2) is 144 Å². The van der Waals surface area contributed by atoms with E-state index in [0.29, 0.717) is 5.89 Å². The number of oxazole rings is 1. The second-order valence-corrected chi connectivity index (χ2v) is 10.2.